The summed E-state index contributed by atoms with van der Waals surface area (Å²) in [6.45, 7) is 5.85. The van der Waals surface area contributed by atoms with E-state index in [0.717, 1.165) is 66.4 Å². The number of likely N-dealkylation sites (N-methyl/N-ethyl adjacent to an activating group) is 1. The lowest BCUT2D eigenvalue weighted by Crippen LogP contribution is -2.42. The number of alkyl halides is 1. The molecule has 1 aliphatic carbocycles. The molecule has 2 aromatic heterocycles. The van der Waals surface area contributed by atoms with Crippen LogP contribution in [0.15, 0.2) is 41.8 Å². The Kier molecular flexibility index (Phi) is 12.2. The van der Waals surface area contributed by atoms with Crippen LogP contribution in [-0.2, 0) is 20.9 Å². The van der Waals surface area contributed by atoms with Gasteiger partial charge in [-0.1, -0.05) is 28.1 Å². The van der Waals surface area contributed by atoms with Gasteiger partial charge in [-0.25, -0.2) is 0 Å². The minimum absolute atomic E-state index is 0.0113. The van der Waals surface area contributed by atoms with E-state index in [1.165, 1.54) is 0 Å². The Labute approximate surface area is 265 Å². The van der Waals surface area contributed by atoms with E-state index in [1.54, 1.807) is 16.2 Å². The fourth-order valence-corrected chi connectivity index (χ4v) is 6.69. The van der Waals surface area contributed by atoms with Crippen molar-refractivity contribution in [2.24, 2.45) is 5.92 Å². The van der Waals surface area contributed by atoms with E-state index in [9.17, 15) is 19.2 Å². The van der Waals surface area contributed by atoms with Crippen molar-refractivity contribution in [1.82, 2.24) is 20.5 Å². The third kappa shape index (κ3) is 8.92. The molecule has 1 fully saturated rings. The number of rotatable bonds is 14. The predicted octanol–water partition coefficient (Wildman–Crippen LogP) is 5.15. The minimum atomic E-state index is -0.185. The first-order valence-corrected chi connectivity index (χ1v) is 17.2. The fourth-order valence-electron chi connectivity index (χ4n) is 5.67. The summed E-state index contributed by atoms with van der Waals surface area (Å²) in [4.78, 5) is 52.7. The fraction of sp³-hybridized carbons (Fsp3) is 0.500. The molecule has 4 rings (SSSR count). The maximum Gasteiger partial charge on any atom is 0.268 e. The summed E-state index contributed by atoms with van der Waals surface area (Å²) in [5, 5.41) is 11.3. The molecule has 232 valence electrons. The van der Waals surface area contributed by atoms with Crippen LogP contribution in [0.4, 0.5) is 5.69 Å². The second-order valence-electron chi connectivity index (χ2n) is 11.1. The van der Waals surface area contributed by atoms with Crippen molar-refractivity contribution < 1.29 is 19.2 Å². The second kappa shape index (κ2) is 16.0. The number of hydrogen-bond donors (Lipinski definition) is 3. The Morgan fingerprint density at radius 3 is 2.44 bits per heavy atom. The average Bonchev–Trinajstić information content (AvgIpc) is 3.60. The van der Waals surface area contributed by atoms with Gasteiger partial charge in [0.05, 0.1) is 15.5 Å². The first-order valence-electron chi connectivity index (χ1n) is 15.2. The van der Waals surface area contributed by atoms with Crippen molar-refractivity contribution in [2.75, 3.05) is 29.9 Å². The van der Waals surface area contributed by atoms with Crippen molar-refractivity contribution in [1.29, 1.82) is 0 Å². The molecule has 11 heteroatoms. The van der Waals surface area contributed by atoms with Gasteiger partial charge < -0.3 is 25.4 Å². The zero-order valence-electron chi connectivity index (χ0n) is 25.0. The van der Waals surface area contributed by atoms with Crippen molar-refractivity contribution in [3.63, 3.8) is 0 Å². The number of thiophene rings is 1. The molecule has 3 N–H and O–H groups in total. The van der Waals surface area contributed by atoms with Crippen LogP contribution < -0.4 is 20.9 Å². The van der Waals surface area contributed by atoms with Crippen molar-refractivity contribution in [3.05, 3.63) is 53.0 Å². The lowest BCUT2D eigenvalue weighted by Gasteiger charge is -2.28. The monoisotopic (exact) mass is 671 g/mol. The third-order valence-electron chi connectivity index (χ3n) is 8.01. The van der Waals surface area contributed by atoms with Crippen molar-refractivity contribution >= 4 is 66.8 Å². The largest absolute Gasteiger partial charge is 0.356 e. The number of nitrogens with zero attached hydrogens (tertiary/aromatic N) is 2. The minimum Gasteiger partial charge on any atom is -0.356 e. The van der Waals surface area contributed by atoms with Crippen LogP contribution in [-0.4, -0.2) is 59.2 Å². The topological polar surface area (TPSA) is 113 Å². The van der Waals surface area contributed by atoms with E-state index in [1.807, 2.05) is 60.2 Å². The zero-order valence-corrected chi connectivity index (χ0v) is 27.4. The molecule has 1 saturated carbocycles. The third-order valence-corrected chi connectivity index (χ3v) is 9.37. The Morgan fingerprint density at radius 2 is 1.74 bits per heavy atom. The average molecular weight is 673 g/mol. The van der Waals surface area contributed by atoms with Gasteiger partial charge in [-0.2, -0.15) is 0 Å². The molecule has 4 amide bonds. The number of amides is 4. The molecule has 43 heavy (non-hydrogen) atoms. The van der Waals surface area contributed by atoms with E-state index >= 15 is 0 Å². The highest BCUT2D eigenvalue weighted by Crippen LogP contribution is 2.28. The molecule has 0 spiro atoms. The molecule has 0 atom stereocenters. The van der Waals surface area contributed by atoms with Crippen LogP contribution >= 0.6 is 27.3 Å². The molecule has 0 saturated heterocycles. The SMILES string of the molecule is CCN(C(=O)Cn1c(C(=O)N[C@H]2CC[C@H](C(=O)NCCCCCNC(=O)CBr)CC2)cc2sccc21)c1cccc(C)c1. The summed E-state index contributed by atoms with van der Waals surface area (Å²) in [5.74, 6) is -0.228. The number of aryl methyl sites for hydroxylation is 1. The highest BCUT2D eigenvalue weighted by Gasteiger charge is 2.28. The van der Waals surface area contributed by atoms with E-state index < -0.39 is 0 Å². The standard InChI is InChI=1S/C32H42BrN5O4S/c1-3-37(25-9-7-8-22(2)18-25)30(40)21-38-26-14-17-43-28(26)19-27(38)32(42)36-24-12-10-23(11-13-24)31(41)35-16-6-4-5-15-34-29(39)20-33/h7-9,14,17-19,23-24H,3-6,10-13,15-16,20-21H2,1-2H3,(H,34,39)(H,35,41)(H,36,42)/t23-,24-. The number of nitrogens with one attached hydrogen (secondary N) is 3. The molecular weight excluding hydrogens is 630 g/mol. The van der Waals surface area contributed by atoms with E-state index in [-0.39, 0.29) is 42.1 Å². The molecule has 2 heterocycles. The lowest BCUT2D eigenvalue weighted by molar-refractivity contribution is -0.126. The van der Waals surface area contributed by atoms with Gasteiger partial charge in [-0.15, -0.1) is 11.3 Å². The second-order valence-corrected chi connectivity index (χ2v) is 12.6. The zero-order chi connectivity index (χ0) is 30.8. The van der Waals surface area contributed by atoms with Crippen LogP contribution in [0.5, 0.6) is 0 Å². The van der Waals surface area contributed by atoms with Crippen molar-refractivity contribution in [2.45, 2.75) is 71.4 Å². The van der Waals surface area contributed by atoms with Crippen LogP contribution in [0.25, 0.3) is 10.2 Å². The van der Waals surface area contributed by atoms with Crippen LogP contribution in [0, 0.1) is 12.8 Å². The maximum atomic E-state index is 13.5. The highest BCUT2D eigenvalue weighted by atomic mass is 79.9. The van der Waals surface area contributed by atoms with Gasteiger partial charge in [0, 0.05) is 37.3 Å². The Hall–Kier alpha value is -3.18. The molecular formula is C32H42BrN5O4S. The molecule has 3 aromatic rings. The summed E-state index contributed by atoms with van der Waals surface area (Å²) in [6.07, 6.45) is 5.64. The number of benzene rings is 1. The maximum absolute atomic E-state index is 13.5. The number of carbonyl (C=O) groups excluding carboxylic acids is 4. The van der Waals surface area contributed by atoms with Crippen LogP contribution in [0.2, 0.25) is 0 Å². The number of carbonyl (C=O) groups is 4. The summed E-state index contributed by atoms with van der Waals surface area (Å²) in [6, 6.07) is 11.7. The number of anilines is 1. The normalized spacial score (nSPS) is 16.5. The number of aromatic nitrogens is 1. The van der Waals surface area contributed by atoms with Crippen molar-refractivity contribution in [3.8, 4) is 0 Å². The lowest BCUT2D eigenvalue weighted by atomic mass is 9.85. The van der Waals surface area contributed by atoms with Crippen LogP contribution in [0.3, 0.4) is 0 Å². The van der Waals surface area contributed by atoms with E-state index in [0.29, 0.717) is 30.7 Å². The Morgan fingerprint density at radius 1 is 1.00 bits per heavy atom. The molecule has 9 nitrogen and oxygen atoms in total. The Balaban J connectivity index is 1.27. The first kappa shape index (κ1) is 32.7. The molecule has 1 aliphatic rings. The van der Waals surface area contributed by atoms with Gasteiger partial charge in [0.2, 0.25) is 17.7 Å². The van der Waals surface area contributed by atoms with Crippen LogP contribution in [0.1, 0.15) is 67.9 Å². The Bertz CT molecular complexity index is 1410. The number of unbranched alkanes of at least 4 members (excludes halogenated alkanes) is 2. The number of fused-ring (bicyclic) bond motifs is 1. The van der Waals surface area contributed by atoms with Gasteiger partial charge in [-0.05, 0) is 94.0 Å². The number of hydrogen-bond acceptors (Lipinski definition) is 5. The van der Waals surface area contributed by atoms with Gasteiger partial charge in [-0.3, -0.25) is 19.2 Å². The predicted molar refractivity (Wildman–Crippen MR) is 176 cm³/mol. The molecule has 0 bridgehead atoms. The summed E-state index contributed by atoms with van der Waals surface area (Å²) >= 11 is 4.68. The molecule has 0 unspecified atom stereocenters. The van der Waals surface area contributed by atoms with Gasteiger partial charge in [0.1, 0.15) is 12.2 Å². The smallest absolute Gasteiger partial charge is 0.268 e. The van der Waals surface area contributed by atoms with E-state index in [2.05, 4.69) is 31.9 Å². The van der Waals surface area contributed by atoms with Gasteiger partial charge >= 0.3 is 0 Å². The summed E-state index contributed by atoms with van der Waals surface area (Å²) in [7, 11) is 0. The quantitative estimate of drug-likeness (QED) is 0.163. The van der Waals surface area contributed by atoms with Gasteiger partial charge in [0.15, 0.2) is 0 Å². The van der Waals surface area contributed by atoms with E-state index in [4.69, 9.17) is 0 Å². The number of halogens is 1. The summed E-state index contributed by atoms with van der Waals surface area (Å²) in [5.41, 5.74) is 3.31. The first-order chi connectivity index (χ1) is 20.8. The molecule has 1 aromatic carbocycles. The molecule has 0 aliphatic heterocycles. The van der Waals surface area contributed by atoms with Gasteiger partial charge in [0.25, 0.3) is 5.91 Å². The highest BCUT2D eigenvalue weighted by molar-refractivity contribution is 9.09. The molecule has 0 radical (unpaired) electrons. The summed E-state index contributed by atoms with van der Waals surface area (Å²) < 4.78 is 2.80.